The topological polar surface area (TPSA) is 59.1 Å². The third kappa shape index (κ3) is 5.16. The molecule has 0 spiro atoms. The van der Waals surface area contributed by atoms with Crippen LogP contribution in [-0.4, -0.2) is 40.5 Å². The predicted octanol–water partition coefficient (Wildman–Crippen LogP) is -3.97. The van der Waals surface area contributed by atoms with Gasteiger partial charge in [0.1, 0.15) is 0 Å². The molecule has 21 heavy (non-hydrogen) atoms. The van der Waals surface area contributed by atoms with Crippen LogP contribution in [0.3, 0.4) is 0 Å². The van der Waals surface area contributed by atoms with Gasteiger partial charge < -0.3 is 43.9 Å². The molecule has 113 valence electrons. The Morgan fingerprint density at radius 2 is 1.67 bits per heavy atom. The maximum Gasteiger partial charge on any atom is 1.00 e. The van der Waals surface area contributed by atoms with Gasteiger partial charge in [0.15, 0.2) is 10.7 Å². The molecule has 0 saturated carbocycles. The molecule has 0 unspecified atom stereocenters. The van der Waals surface area contributed by atoms with Crippen molar-refractivity contribution in [2.75, 3.05) is 45.4 Å². The van der Waals surface area contributed by atoms with Crippen LogP contribution in [0.1, 0.15) is 0 Å². The second kappa shape index (κ2) is 10.9. The van der Waals surface area contributed by atoms with Crippen LogP contribution in [0.15, 0.2) is 12.1 Å². The van der Waals surface area contributed by atoms with Crippen LogP contribution >= 0.6 is 0 Å². The molecule has 0 aliphatic carbocycles. The summed E-state index contributed by atoms with van der Waals surface area (Å²) < 4.78 is 15.9. The van der Waals surface area contributed by atoms with Gasteiger partial charge in [0.25, 0.3) is 0 Å². The smallest absolute Gasteiger partial charge is 1.00 e. The first-order valence-electron chi connectivity index (χ1n) is 5.74. The number of hydrogen-bond acceptors (Lipinski definition) is 5. The molecule has 1 saturated heterocycles. The van der Waals surface area contributed by atoms with Gasteiger partial charge in [-0.1, -0.05) is 0 Å². The summed E-state index contributed by atoms with van der Waals surface area (Å²) in [7, 11) is 3.13. The van der Waals surface area contributed by atoms with Crippen LogP contribution in [0.4, 0.5) is 11.4 Å². The number of morpholine rings is 1. The molecule has 1 aromatic carbocycles. The maximum absolute atomic E-state index is 8.93. The van der Waals surface area contributed by atoms with E-state index in [2.05, 4.69) is 9.88 Å². The van der Waals surface area contributed by atoms with Crippen LogP contribution in [0.25, 0.3) is 4.98 Å². The minimum atomic E-state index is 0. The van der Waals surface area contributed by atoms with E-state index in [1.54, 1.807) is 20.3 Å². The van der Waals surface area contributed by atoms with Crippen LogP contribution in [0.5, 0.6) is 11.5 Å². The minimum Gasteiger partial charge on any atom is -1.00 e. The third-order valence-corrected chi connectivity index (χ3v) is 2.94. The summed E-state index contributed by atoms with van der Waals surface area (Å²) in [4.78, 5) is 5.35. The third-order valence-electron chi connectivity index (χ3n) is 2.94. The van der Waals surface area contributed by atoms with Crippen molar-refractivity contribution in [3.05, 3.63) is 17.1 Å². The molecular formula is C12H16Cl2N3O3Zn. The molecule has 1 heterocycles. The van der Waals surface area contributed by atoms with E-state index in [0.29, 0.717) is 30.4 Å². The molecule has 0 bridgehead atoms. The molecule has 2 rings (SSSR count). The van der Waals surface area contributed by atoms with Crippen LogP contribution in [0.2, 0.25) is 0 Å². The summed E-state index contributed by atoms with van der Waals surface area (Å²) in [5, 5.41) is 8.93. The minimum absolute atomic E-state index is 0. The summed E-state index contributed by atoms with van der Waals surface area (Å²) in [6, 6.07) is 3.48. The molecule has 0 aromatic heterocycles. The van der Waals surface area contributed by atoms with Crippen molar-refractivity contribution in [1.29, 1.82) is 5.39 Å². The average molecular weight is 387 g/mol. The Morgan fingerprint density at radius 1 is 1.10 bits per heavy atom. The van der Waals surface area contributed by atoms with Crippen molar-refractivity contribution >= 4 is 11.4 Å². The summed E-state index contributed by atoms with van der Waals surface area (Å²) in [6.45, 7) is 2.99. The van der Waals surface area contributed by atoms with E-state index in [1.807, 2.05) is 6.07 Å². The Hall–Kier alpha value is -0.797. The van der Waals surface area contributed by atoms with Gasteiger partial charge in [0.2, 0.25) is 11.1 Å². The number of hydrogen-bond donors (Lipinski definition) is 0. The summed E-state index contributed by atoms with van der Waals surface area (Å²) in [6.07, 6.45) is 0. The molecular weight excluding hydrogens is 370 g/mol. The van der Waals surface area contributed by atoms with Crippen LogP contribution in [0, 0.1) is 5.39 Å². The first-order valence-corrected chi connectivity index (χ1v) is 5.74. The van der Waals surface area contributed by atoms with Gasteiger partial charge in [-0.05, 0) is 0 Å². The molecule has 1 aromatic rings. The number of halogens is 2. The monoisotopic (exact) mass is 384 g/mol. The van der Waals surface area contributed by atoms with E-state index in [9.17, 15) is 0 Å². The van der Waals surface area contributed by atoms with Gasteiger partial charge in [-0.3, -0.25) is 0 Å². The fourth-order valence-corrected chi connectivity index (χ4v) is 2.00. The number of anilines is 1. The largest absolute Gasteiger partial charge is 1.00 e. The Bertz CT molecular complexity index is 480. The molecule has 1 aliphatic heterocycles. The Balaban J connectivity index is 0. The second-order valence-electron chi connectivity index (χ2n) is 3.90. The molecule has 0 N–H and O–H groups in total. The van der Waals surface area contributed by atoms with Crippen LogP contribution < -0.4 is 39.2 Å². The van der Waals surface area contributed by atoms with Gasteiger partial charge >= 0.3 is 25.2 Å². The van der Waals surface area contributed by atoms with Crippen molar-refractivity contribution < 1.29 is 58.5 Å². The van der Waals surface area contributed by atoms with Crippen LogP contribution in [-0.2, 0) is 24.2 Å². The molecule has 6 nitrogen and oxygen atoms in total. The Morgan fingerprint density at radius 3 is 2.14 bits per heavy atom. The van der Waals surface area contributed by atoms with Gasteiger partial charge in [-0.2, -0.15) is 0 Å². The predicted molar refractivity (Wildman–Crippen MR) is 67.3 cm³/mol. The van der Waals surface area contributed by atoms with Gasteiger partial charge in [-0.25, -0.2) is 0 Å². The normalized spacial score (nSPS) is 12.9. The van der Waals surface area contributed by atoms with E-state index in [-0.39, 0.29) is 44.3 Å². The molecule has 0 atom stereocenters. The second-order valence-corrected chi connectivity index (χ2v) is 3.90. The van der Waals surface area contributed by atoms with Crippen molar-refractivity contribution in [1.82, 2.24) is 0 Å². The number of benzene rings is 1. The fourth-order valence-electron chi connectivity index (χ4n) is 2.00. The van der Waals surface area contributed by atoms with Gasteiger partial charge in [0.05, 0.1) is 39.2 Å². The summed E-state index contributed by atoms with van der Waals surface area (Å²) in [5.74, 6) is 1.17. The average Bonchev–Trinajstić information content (AvgIpc) is 2.46. The van der Waals surface area contributed by atoms with E-state index < -0.39 is 0 Å². The van der Waals surface area contributed by atoms with E-state index in [0.717, 1.165) is 18.8 Å². The zero-order valence-corrected chi connectivity index (χ0v) is 16.5. The standard InChI is InChI=1S/C12H16N3O3.2ClH.Zn/c1-16-11-8-10(15-3-5-18-6-4-15)12(17-2)7-9(11)14-13;;;/h7-8H,3-6H2,1-2H3;2*1H;/q+1;;;+1/p-2. The van der Waals surface area contributed by atoms with Gasteiger partial charge in [-0.15, -0.1) is 0 Å². The van der Waals surface area contributed by atoms with Crippen molar-refractivity contribution in [2.24, 2.45) is 0 Å². The molecule has 1 radical (unpaired) electrons. The molecule has 0 amide bonds. The van der Waals surface area contributed by atoms with Crippen molar-refractivity contribution in [2.45, 2.75) is 0 Å². The van der Waals surface area contributed by atoms with E-state index >= 15 is 0 Å². The maximum atomic E-state index is 8.93. The molecule has 9 heteroatoms. The first kappa shape index (κ1) is 22.5. The molecule has 1 fully saturated rings. The number of diazo groups is 1. The number of methoxy groups -OCH3 is 2. The van der Waals surface area contributed by atoms with E-state index in [4.69, 9.17) is 19.6 Å². The van der Waals surface area contributed by atoms with Crippen molar-refractivity contribution in [3.63, 3.8) is 0 Å². The number of rotatable bonds is 3. The molecule has 1 aliphatic rings. The summed E-state index contributed by atoms with van der Waals surface area (Å²) >= 11 is 0. The summed E-state index contributed by atoms with van der Waals surface area (Å²) in [5.41, 5.74) is 1.27. The first-order chi connectivity index (χ1) is 8.80. The van der Waals surface area contributed by atoms with Gasteiger partial charge in [0, 0.05) is 19.2 Å². The number of nitrogens with zero attached hydrogens (tertiary/aromatic N) is 3. The zero-order chi connectivity index (χ0) is 13.0. The fraction of sp³-hybridized carbons (Fsp3) is 0.500. The quantitative estimate of drug-likeness (QED) is 0.392. The zero-order valence-electron chi connectivity index (χ0n) is 12.0. The number of ether oxygens (including phenoxy) is 3. The Labute approximate surface area is 149 Å². The van der Waals surface area contributed by atoms with Crippen molar-refractivity contribution in [3.8, 4) is 11.5 Å². The SMILES string of the molecule is COc1cc(N2CCOCC2)c(OC)cc1[N+]#N.[Cl-].[Cl-].[Zn+]. The van der Waals surface area contributed by atoms with E-state index in [1.165, 1.54) is 0 Å². The Kier molecular flexibility index (Phi) is 11.6.